The van der Waals surface area contributed by atoms with Crippen LogP contribution in [0.4, 0.5) is 0 Å². The van der Waals surface area contributed by atoms with E-state index in [4.69, 9.17) is 0 Å². The Labute approximate surface area is 153 Å². The van der Waals surface area contributed by atoms with Crippen molar-refractivity contribution in [1.82, 2.24) is 4.90 Å². The lowest BCUT2D eigenvalue weighted by Gasteiger charge is -2.21. The van der Waals surface area contributed by atoms with Gasteiger partial charge in [0.2, 0.25) is 0 Å². The van der Waals surface area contributed by atoms with Gasteiger partial charge in [-0.05, 0) is 73.9 Å². The van der Waals surface area contributed by atoms with E-state index in [1.165, 1.54) is 21.2 Å². The summed E-state index contributed by atoms with van der Waals surface area (Å²) in [7, 11) is 0. The number of carbonyl (C=O) groups is 1. The molecule has 4 bridgehead atoms. The topological polar surface area (TPSA) is 20.3 Å². The summed E-state index contributed by atoms with van der Waals surface area (Å²) < 4.78 is 1.19. The van der Waals surface area contributed by atoms with Crippen LogP contribution in [0.25, 0.3) is 0 Å². The summed E-state index contributed by atoms with van der Waals surface area (Å²) >= 11 is 3.71. The van der Waals surface area contributed by atoms with Crippen LogP contribution in [0.3, 0.4) is 0 Å². The molecule has 126 valence electrons. The van der Waals surface area contributed by atoms with Crippen molar-refractivity contribution in [2.45, 2.75) is 39.5 Å². The first-order valence-corrected chi connectivity index (χ1v) is 9.60. The van der Waals surface area contributed by atoms with Gasteiger partial charge < -0.3 is 4.90 Å². The van der Waals surface area contributed by atoms with Crippen molar-refractivity contribution in [2.24, 2.45) is 0 Å². The summed E-state index contributed by atoms with van der Waals surface area (Å²) in [5, 5.41) is 0. The van der Waals surface area contributed by atoms with Crippen LogP contribution in [0.5, 0.6) is 0 Å². The summed E-state index contributed by atoms with van der Waals surface area (Å²) in [5.74, 6) is 0.168. The minimum Gasteiger partial charge on any atom is -0.339 e. The van der Waals surface area contributed by atoms with E-state index in [0.29, 0.717) is 0 Å². The van der Waals surface area contributed by atoms with E-state index in [1.807, 2.05) is 18.7 Å². The Bertz CT molecular complexity index is 749. The number of carbonyl (C=O) groups excluding carboxylic acids is 1. The fourth-order valence-corrected chi connectivity index (χ4v) is 4.01. The lowest BCUT2D eigenvalue weighted by atomic mass is 9.93. The molecule has 4 aliphatic carbocycles. The molecule has 6 rings (SSSR count). The van der Waals surface area contributed by atoms with Gasteiger partial charge in [-0.25, -0.2) is 0 Å². The standard InChI is InChI=1S/C21H24BrNO/c1-3-23(4-2)21(24)19-13-15-5-6-16-8-10-18(20(22)14-16)12-11-17(19)9-7-15/h7-10,13-14H,3-6,11-12H2,1-2H3. The Balaban J connectivity index is 2.00. The molecule has 0 heterocycles. The Kier molecular flexibility index (Phi) is 5.40. The highest BCUT2D eigenvalue weighted by Gasteiger charge is 2.18. The maximum atomic E-state index is 12.9. The number of benzene rings is 2. The molecule has 2 aromatic carbocycles. The van der Waals surface area contributed by atoms with Crippen LogP contribution in [0.2, 0.25) is 0 Å². The fourth-order valence-electron chi connectivity index (χ4n) is 3.38. The Morgan fingerprint density at radius 2 is 1.50 bits per heavy atom. The summed E-state index contributed by atoms with van der Waals surface area (Å²) in [5.41, 5.74) is 5.95. The molecule has 0 unspecified atom stereocenters. The predicted molar refractivity (Wildman–Crippen MR) is 103 cm³/mol. The summed E-state index contributed by atoms with van der Waals surface area (Å²) in [4.78, 5) is 14.8. The fraction of sp³-hybridized carbons (Fsp3) is 0.381. The molecule has 2 aromatic rings. The van der Waals surface area contributed by atoms with Crippen molar-refractivity contribution in [3.63, 3.8) is 0 Å². The first kappa shape index (κ1) is 17.2. The summed E-state index contributed by atoms with van der Waals surface area (Å²) in [6, 6.07) is 13.2. The van der Waals surface area contributed by atoms with Crippen LogP contribution in [0.1, 0.15) is 46.5 Å². The molecule has 0 saturated heterocycles. The Morgan fingerprint density at radius 3 is 2.12 bits per heavy atom. The average molecular weight is 386 g/mol. The smallest absolute Gasteiger partial charge is 0.254 e. The van der Waals surface area contributed by atoms with E-state index in [-0.39, 0.29) is 5.91 Å². The molecule has 0 N–H and O–H groups in total. The number of halogens is 1. The van der Waals surface area contributed by atoms with Gasteiger partial charge in [-0.15, -0.1) is 0 Å². The first-order chi connectivity index (χ1) is 11.6. The minimum atomic E-state index is 0.168. The number of nitrogens with zero attached hydrogens (tertiary/aromatic N) is 1. The van der Waals surface area contributed by atoms with E-state index >= 15 is 0 Å². The zero-order chi connectivity index (χ0) is 17.1. The monoisotopic (exact) mass is 385 g/mol. The number of aryl methyl sites for hydroxylation is 4. The summed E-state index contributed by atoms with van der Waals surface area (Å²) in [6.45, 7) is 5.60. The van der Waals surface area contributed by atoms with E-state index in [0.717, 1.165) is 49.9 Å². The van der Waals surface area contributed by atoms with Crippen molar-refractivity contribution in [2.75, 3.05) is 13.1 Å². The van der Waals surface area contributed by atoms with Crippen LogP contribution >= 0.6 is 15.9 Å². The van der Waals surface area contributed by atoms with E-state index in [2.05, 4.69) is 52.3 Å². The molecule has 4 aliphatic rings. The molecular weight excluding hydrogens is 362 g/mol. The number of hydrogen-bond acceptors (Lipinski definition) is 1. The number of amides is 1. The third kappa shape index (κ3) is 3.56. The molecule has 24 heavy (non-hydrogen) atoms. The Morgan fingerprint density at radius 1 is 0.917 bits per heavy atom. The van der Waals surface area contributed by atoms with Crippen molar-refractivity contribution in [3.05, 3.63) is 68.7 Å². The van der Waals surface area contributed by atoms with Crippen LogP contribution in [-0.4, -0.2) is 23.9 Å². The van der Waals surface area contributed by atoms with Crippen LogP contribution in [-0.2, 0) is 25.7 Å². The second kappa shape index (κ2) is 7.52. The average Bonchev–Trinajstić information content (AvgIpc) is 2.58. The SMILES string of the molecule is CCN(CC)C(=O)c1cc2ccc1CCc1ccc(cc1Br)CC2. The number of rotatable bonds is 3. The van der Waals surface area contributed by atoms with E-state index < -0.39 is 0 Å². The molecule has 0 radical (unpaired) electrons. The zero-order valence-electron chi connectivity index (χ0n) is 14.4. The molecule has 1 amide bonds. The highest BCUT2D eigenvalue weighted by Crippen LogP contribution is 2.25. The van der Waals surface area contributed by atoms with E-state index in [9.17, 15) is 4.79 Å². The maximum Gasteiger partial charge on any atom is 0.254 e. The summed E-state index contributed by atoms with van der Waals surface area (Å²) in [6.07, 6.45) is 3.79. The second-order valence-corrected chi connectivity index (χ2v) is 7.25. The number of hydrogen-bond donors (Lipinski definition) is 0. The van der Waals surface area contributed by atoms with Gasteiger partial charge in [-0.2, -0.15) is 0 Å². The molecule has 0 fully saturated rings. The molecule has 0 aliphatic heterocycles. The highest BCUT2D eigenvalue weighted by atomic mass is 79.9. The van der Waals surface area contributed by atoms with Crippen LogP contribution in [0.15, 0.2) is 40.9 Å². The molecule has 0 spiro atoms. The van der Waals surface area contributed by atoms with Gasteiger partial charge in [0.15, 0.2) is 0 Å². The normalized spacial score (nSPS) is 13.5. The zero-order valence-corrected chi connectivity index (χ0v) is 16.0. The van der Waals surface area contributed by atoms with Gasteiger partial charge in [-0.3, -0.25) is 4.79 Å². The van der Waals surface area contributed by atoms with Gasteiger partial charge in [0.05, 0.1) is 0 Å². The van der Waals surface area contributed by atoms with E-state index in [1.54, 1.807) is 0 Å². The highest BCUT2D eigenvalue weighted by molar-refractivity contribution is 9.10. The quantitative estimate of drug-likeness (QED) is 0.741. The predicted octanol–water partition coefficient (Wildman–Crippen LogP) is 4.81. The van der Waals surface area contributed by atoms with Gasteiger partial charge in [0, 0.05) is 23.1 Å². The second-order valence-electron chi connectivity index (χ2n) is 6.39. The lowest BCUT2D eigenvalue weighted by Crippen LogP contribution is -2.31. The minimum absolute atomic E-state index is 0.168. The van der Waals surface area contributed by atoms with Crippen LogP contribution < -0.4 is 0 Å². The third-order valence-corrected chi connectivity index (χ3v) is 5.68. The third-order valence-electron chi connectivity index (χ3n) is 4.94. The molecule has 2 nitrogen and oxygen atoms in total. The van der Waals surface area contributed by atoms with Crippen molar-refractivity contribution in [3.8, 4) is 0 Å². The first-order valence-electron chi connectivity index (χ1n) is 8.80. The molecular formula is C21H24BrNO. The van der Waals surface area contributed by atoms with Crippen molar-refractivity contribution < 1.29 is 4.79 Å². The van der Waals surface area contributed by atoms with Crippen LogP contribution in [0, 0.1) is 0 Å². The molecule has 0 aromatic heterocycles. The largest absolute Gasteiger partial charge is 0.339 e. The van der Waals surface area contributed by atoms with Gasteiger partial charge in [0.25, 0.3) is 5.91 Å². The van der Waals surface area contributed by atoms with Crippen molar-refractivity contribution >= 4 is 21.8 Å². The van der Waals surface area contributed by atoms with Gasteiger partial charge in [0.1, 0.15) is 0 Å². The Hall–Kier alpha value is -1.61. The lowest BCUT2D eigenvalue weighted by molar-refractivity contribution is 0.0771. The van der Waals surface area contributed by atoms with Gasteiger partial charge >= 0.3 is 0 Å². The molecule has 0 atom stereocenters. The maximum absolute atomic E-state index is 12.9. The van der Waals surface area contributed by atoms with Gasteiger partial charge in [-0.1, -0.05) is 40.2 Å². The molecule has 0 saturated carbocycles. The molecule has 3 heteroatoms. The van der Waals surface area contributed by atoms with Crippen molar-refractivity contribution in [1.29, 1.82) is 0 Å².